The van der Waals surface area contributed by atoms with Crippen molar-refractivity contribution < 1.29 is 9.18 Å². The summed E-state index contributed by atoms with van der Waals surface area (Å²) in [6.07, 6.45) is 2.30. The lowest BCUT2D eigenvalue weighted by molar-refractivity contribution is 0.0755. The molecule has 5 heteroatoms. The van der Waals surface area contributed by atoms with Gasteiger partial charge < -0.3 is 10.2 Å². The van der Waals surface area contributed by atoms with E-state index in [0.29, 0.717) is 18.2 Å². The first-order valence-electron chi connectivity index (χ1n) is 7.54. The standard InChI is InChI=1S/C16H24FN3O/c1-4-20-10-6-7-12(20)11-19(3)16(21)13-8-5-9-14(17)15(13)18-2/h5,8-9,12,18H,4,6-7,10-11H2,1-3H3. The number of likely N-dealkylation sites (N-methyl/N-ethyl adjacent to an activating group) is 2. The Morgan fingerprint density at radius 3 is 2.95 bits per heavy atom. The molecular weight excluding hydrogens is 269 g/mol. The SMILES string of the molecule is CCN1CCCC1CN(C)C(=O)c1cccc(F)c1NC. The average molecular weight is 293 g/mol. The number of para-hydroxylation sites is 1. The minimum atomic E-state index is -0.396. The Morgan fingerprint density at radius 2 is 2.29 bits per heavy atom. The summed E-state index contributed by atoms with van der Waals surface area (Å²) in [5.74, 6) is -0.533. The zero-order chi connectivity index (χ0) is 15.4. The van der Waals surface area contributed by atoms with Crippen molar-refractivity contribution in [3.05, 3.63) is 29.6 Å². The second-order valence-corrected chi connectivity index (χ2v) is 5.52. The number of amides is 1. The fourth-order valence-electron chi connectivity index (χ4n) is 3.08. The first-order valence-corrected chi connectivity index (χ1v) is 7.54. The minimum Gasteiger partial charge on any atom is -0.385 e. The van der Waals surface area contributed by atoms with Crippen molar-refractivity contribution in [1.82, 2.24) is 9.80 Å². The number of benzene rings is 1. The zero-order valence-electron chi connectivity index (χ0n) is 13.0. The van der Waals surface area contributed by atoms with E-state index in [-0.39, 0.29) is 11.6 Å². The molecule has 0 aliphatic carbocycles. The Morgan fingerprint density at radius 1 is 1.52 bits per heavy atom. The van der Waals surface area contributed by atoms with Crippen LogP contribution < -0.4 is 5.32 Å². The predicted octanol–water partition coefficient (Wildman–Crippen LogP) is 2.42. The van der Waals surface area contributed by atoms with Crippen LogP contribution in [0.5, 0.6) is 0 Å². The van der Waals surface area contributed by atoms with Crippen LogP contribution in [0.3, 0.4) is 0 Å². The van der Waals surface area contributed by atoms with Crippen LogP contribution in [0.25, 0.3) is 0 Å². The van der Waals surface area contributed by atoms with E-state index in [4.69, 9.17) is 0 Å². The molecule has 1 fully saturated rings. The summed E-state index contributed by atoms with van der Waals surface area (Å²) in [6, 6.07) is 5.01. The smallest absolute Gasteiger partial charge is 0.255 e. The molecule has 0 aromatic heterocycles. The highest BCUT2D eigenvalue weighted by Crippen LogP contribution is 2.22. The van der Waals surface area contributed by atoms with Gasteiger partial charge in [-0.15, -0.1) is 0 Å². The highest BCUT2D eigenvalue weighted by molar-refractivity contribution is 5.99. The summed E-state index contributed by atoms with van der Waals surface area (Å²) in [4.78, 5) is 16.7. The van der Waals surface area contributed by atoms with Gasteiger partial charge in [0.1, 0.15) is 5.82 Å². The van der Waals surface area contributed by atoms with Gasteiger partial charge in [0.15, 0.2) is 0 Å². The summed E-state index contributed by atoms with van der Waals surface area (Å²) in [5, 5.41) is 2.78. The van der Waals surface area contributed by atoms with Gasteiger partial charge in [0, 0.05) is 26.7 Å². The molecule has 4 nitrogen and oxygen atoms in total. The molecule has 21 heavy (non-hydrogen) atoms. The number of carbonyl (C=O) groups is 1. The Labute approximate surface area is 125 Å². The second kappa shape index (κ2) is 6.89. The van der Waals surface area contributed by atoms with Gasteiger partial charge in [-0.05, 0) is 38.1 Å². The Balaban J connectivity index is 2.11. The molecule has 1 atom stereocenters. The van der Waals surface area contributed by atoms with Crippen LogP contribution in [0.1, 0.15) is 30.1 Å². The molecule has 1 aromatic carbocycles. The third kappa shape index (κ3) is 3.35. The van der Waals surface area contributed by atoms with Gasteiger partial charge >= 0.3 is 0 Å². The molecule has 116 valence electrons. The fourth-order valence-corrected chi connectivity index (χ4v) is 3.08. The number of hydrogen-bond donors (Lipinski definition) is 1. The van der Waals surface area contributed by atoms with Crippen molar-refractivity contribution in [2.24, 2.45) is 0 Å². The molecule has 1 N–H and O–H groups in total. The molecule has 0 bridgehead atoms. The monoisotopic (exact) mass is 293 g/mol. The van der Waals surface area contributed by atoms with E-state index in [1.54, 1.807) is 31.1 Å². The van der Waals surface area contributed by atoms with Gasteiger partial charge in [-0.25, -0.2) is 4.39 Å². The number of nitrogens with one attached hydrogen (secondary N) is 1. The van der Waals surface area contributed by atoms with Crippen molar-refractivity contribution in [2.45, 2.75) is 25.8 Å². The molecule has 0 saturated carbocycles. The van der Waals surface area contributed by atoms with Crippen molar-refractivity contribution in [3.8, 4) is 0 Å². The number of halogens is 1. The van der Waals surface area contributed by atoms with Crippen LogP contribution in [-0.2, 0) is 0 Å². The first-order chi connectivity index (χ1) is 10.1. The number of anilines is 1. The lowest BCUT2D eigenvalue weighted by atomic mass is 10.1. The number of carbonyl (C=O) groups excluding carboxylic acids is 1. The van der Waals surface area contributed by atoms with E-state index in [1.165, 1.54) is 12.5 Å². The van der Waals surface area contributed by atoms with E-state index in [2.05, 4.69) is 17.1 Å². The van der Waals surface area contributed by atoms with Crippen LogP contribution in [-0.4, -0.2) is 55.5 Å². The van der Waals surface area contributed by atoms with Gasteiger partial charge in [0.05, 0.1) is 11.3 Å². The molecule has 0 radical (unpaired) electrons. The lowest BCUT2D eigenvalue weighted by Gasteiger charge is -2.28. The third-order valence-corrected chi connectivity index (χ3v) is 4.23. The minimum absolute atomic E-state index is 0.137. The Kier molecular flexibility index (Phi) is 5.17. The largest absolute Gasteiger partial charge is 0.385 e. The van der Waals surface area contributed by atoms with Crippen LogP contribution in [0.4, 0.5) is 10.1 Å². The maximum atomic E-state index is 13.8. The molecular formula is C16H24FN3O. The highest BCUT2D eigenvalue weighted by atomic mass is 19.1. The summed E-state index contributed by atoms with van der Waals surface area (Å²) in [6.45, 7) is 4.94. The number of likely N-dealkylation sites (tertiary alicyclic amines) is 1. The Hall–Kier alpha value is -1.62. The summed E-state index contributed by atoms with van der Waals surface area (Å²) in [5.41, 5.74) is 0.661. The number of rotatable bonds is 5. The van der Waals surface area contributed by atoms with Gasteiger partial charge in [0.2, 0.25) is 0 Å². The lowest BCUT2D eigenvalue weighted by Crippen LogP contribution is -2.41. The first kappa shape index (κ1) is 15.8. The van der Waals surface area contributed by atoms with Crippen LogP contribution >= 0.6 is 0 Å². The molecule has 1 aliphatic rings. The normalized spacial score (nSPS) is 18.8. The van der Waals surface area contributed by atoms with E-state index < -0.39 is 5.82 Å². The Bertz CT molecular complexity index is 506. The maximum Gasteiger partial charge on any atom is 0.255 e. The van der Waals surface area contributed by atoms with Crippen LogP contribution in [0, 0.1) is 5.82 Å². The maximum absolute atomic E-state index is 13.8. The molecule has 1 aliphatic heterocycles. The van der Waals surface area contributed by atoms with E-state index in [0.717, 1.165) is 19.5 Å². The van der Waals surface area contributed by atoms with E-state index >= 15 is 0 Å². The molecule has 1 amide bonds. The summed E-state index contributed by atoms with van der Waals surface area (Å²) < 4.78 is 13.8. The van der Waals surface area contributed by atoms with Gasteiger partial charge in [-0.2, -0.15) is 0 Å². The van der Waals surface area contributed by atoms with Crippen molar-refractivity contribution >= 4 is 11.6 Å². The molecule has 1 saturated heterocycles. The molecule has 1 heterocycles. The van der Waals surface area contributed by atoms with E-state index in [9.17, 15) is 9.18 Å². The fraction of sp³-hybridized carbons (Fsp3) is 0.562. The molecule has 1 aromatic rings. The van der Waals surface area contributed by atoms with Crippen molar-refractivity contribution in [3.63, 3.8) is 0 Å². The number of hydrogen-bond acceptors (Lipinski definition) is 3. The third-order valence-electron chi connectivity index (χ3n) is 4.23. The van der Waals surface area contributed by atoms with Crippen molar-refractivity contribution in [2.75, 3.05) is 39.0 Å². The van der Waals surface area contributed by atoms with Crippen LogP contribution in [0.2, 0.25) is 0 Å². The van der Waals surface area contributed by atoms with Crippen LogP contribution in [0.15, 0.2) is 18.2 Å². The van der Waals surface area contributed by atoms with Crippen molar-refractivity contribution in [1.29, 1.82) is 0 Å². The summed E-state index contributed by atoms with van der Waals surface area (Å²) >= 11 is 0. The second-order valence-electron chi connectivity index (χ2n) is 5.52. The highest BCUT2D eigenvalue weighted by Gasteiger charge is 2.26. The van der Waals surface area contributed by atoms with E-state index in [1.807, 2.05) is 0 Å². The topological polar surface area (TPSA) is 35.6 Å². The molecule has 2 rings (SSSR count). The average Bonchev–Trinajstić information content (AvgIpc) is 2.93. The summed E-state index contributed by atoms with van der Waals surface area (Å²) in [7, 11) is 3.42. The predicted molar refractivity (Wildman–Crippen MR) is 83.2 cm³/mol. The van der Waals surface area contributed by atoms with Gasteiger partial charge in [-0.3, -0.25) is 9.69 Å². The van der Waals surface area contributed by atoms with Gasteiger partial charge in [-0.1, -0.05) is 13.0 Å². The molecule has 1 unspecified atom stereocenters. The quantitative estimate of drug-likeness (QED) is 0.905. The van der Waals surface area contributed by atoms with Gasteiger partial charge in [0.25, 0.3) is 5.91 Å². The zero-order valence-corrected chi connectivity index (χ0v) is 13.0. The molecule has 0 spiro atoms. The number of nitrogens with zero attached hydrogens (tertiary/aromatic N) is 2.